The smallest absolute Gasteiger partial charge is 0.246 e. The average Bonchev–Trinajstić information content (AvgIpc) is 3.12. The molecule has 0 radical (unpaired) electrons. The number of carbonyl (C=O) groups excluding carboxylic acids is 1. The minimum absolute atomic E-state index is 0.0987. The predicted molar refractivity (Wildman–Crippen MR) is 114 cm³/mol. The molecule has 8 nitrogen and oxygen atoms in total. The fourth-order valence-corrected chi connectivity index (χ4v) is 5.26. The molecule has 4 rings (SSSR count). The fraction of sp³-hybridized carbons (Fsp3) is 0.263. The van der Waals surface area contributed by atoms with Crippen LogP contribution in [0.15, 0.2) is 41.6 Å². The summed E-state index contributed by atoms with van der Waals surface area (Å²) in [6.07, 6.45) is 3.13. The SMILES string of the molecule is O=C(Cc1cn2cc(Cl)cc(Cl)c2n1)Nc1ccc(F)c(S(=O)(=O)N2CCOCC2)c1. The third-order valence-corrected chi connectivity index (χ3v) is 7.07. The van der Waals surface area contributed by atoms with Crippen molar-refractivity contribution in [2.45, 2.75) is 11.3 Å². The third-order valence-electron chi connectivity index (χ3n) is 4.67. The molecule has 1 aliphatic heterocycles. The van der Waals surface area contributed by atoms with Crippen molar-refractivity contribution in [3.63, 3.8) is 0 Å². The number of hydrogen-bond acceptors (Lipinski definition) is 5. The largest absolute Gasteiger partial charge is 0.379 e. The highest BCUT2D eigenvalue weighted by Gasteiger charge is 2.29. The molecule has 1 amide bonds. The highest BCUT2D eigenvalue weighted by atomic mass is 35.5. The van der Waals surface area contributed by atoms with Crippen molar-refractivity contribution in [2.24, 2.45) is 0 Å². The summed E-state index contributed by atoms with van der Waals surface area (Å²) in [6.45, 7) is 0.759. The highest BCUT2D eigenvalue weighted by molar-refractivity contribution is 7.89. The first-order chi connectivity index (χ1) is 14.7. The maximum absolute atomic E-state index is 14.3. The van der Waals surface area contributed by atoms with Gasteiger partial charge in [0, 0.05) is 31.2 Å². The summed E-state index contributed by atoms with van der Waals surface area (Å²) in [5.74, 6) is -1.34. The summed E-state index contributed by atoms with van der Waals surface area (Å²) >= 11 is 12.1. The van der Waals surface area contributed by atoms with Gasteiger partial charge in [0.2, 0.25) is 15.9 Å². The Morgan fingerprint density at radius 1 is 1.19 bits per heavy atom. The lowest BCUT2D eigenvalue weighted by atomic mass is 10.2. The van der Waals surface area contributed by atoms with Gasteiger partial charge in [0.15, 0.2) is 5.65 Å². The van der Waals surface area contributed by atoms with E-state index in [1.807, 2.05) is 0 Å². The first-order valence-electron chi connectivity index (χ1n) is 9.24. The van der Waals surface area contributed by atoms with Crippen molar-refractivity contribution < 1.29 is 22.3 Å². The summed E-state index contributed by atoms with van der Waals surface area (Å²) in [7, 11) is -4.05. The number of morpholine rings is 1. The molecule has 0 spiro atoms. The van der Waals surface area contributed by atoms with Crippen LogP contribution in [0.3, 0.4) is 0 Å². The highest BCUT2D eigenvalue weighted by Crippen LogP contribution is 2.25. The molecular weight excluding hydrogens is 470 g/mol. The van der Waals surface area contributed by atoms with Crippen LogP contribution >= 0.6 is 23.2 Å². The number of pyridine rings is 1. The Labute approximate surface area is 187 Å². The number of imidazole rings is 1. The topological polar surface area (TPSA) is 93.0 Å². The molecule has 0 aliphatic carbocycles. The zero-order valence-corrected chi connectivity index (χ0v) is 18.3. The molecule has 1 fully saturated rings. The molecule has 0 atom stereocenters. The second kappa shape index (κ2) is 8.71. The molecule has 0 bridgehead atoms. The summed E-state index contributed by atoms with van der Waals surface area (Å²) in [5.41, 5.74) is 1.04. The van der Waals surface area contributed by atoms with E-state index >= 15 is 0 Å². The first kappa shape index (κ1) is 22.0. The van der Waals surface area contributed by atoms with Crippen LogP contribution in [-0.4, -0.2) is 54.3 Å². The fourth-order valence-electron chi connectivity index (χ4n) is 3.23. The summed E-state index contributed by atoms with van der Waals surface area (Å²) in [5, 5.41) is 3.35. The van der Waals surface area contributed by atoms with Gasteiger partial charge in [0.1, 0.15) is 10.7 Å². The second-order valence-corrected chi connectivity index (χ2v) is 9.61. The Morgan fingerprint density at radius 2 is 1.94 bits per heavy atom. The number of aromatic nitrogens is 2. The Balaban J connectivity index is 1.52. The van der Waals surface area contributed by atoms with Gasteiger partial charge in [0.05, 0.1) is 35.4 Å². The molecule has 0 saturated carbocycles. The van der Waals surface area contributed by atoms with Crippen molar-refractivity contribution in [3.05, 3.63) is 58.2 Å². The van der Waals surface area contributed by atoms with Crippen LogP contribution in [0.2, 0.25) is 10.0 Å². The zero-order chi connectivity index (χ0) is 22.2. The number of nitrogens with zero attached hydrogens (tertiary/aromatic N) is 3. The molecule has 1 aliphatic rings. The second-order valence-electron chi connectivity index (χ2n) is 6.86. The minimum atomic E-state index is -4.05. The Bertz CT molecular complexity index is 1260. The van der Waals surface area contributed by atoms with Crippen LogP contribution in [0.5, 0.6) is 0 Å². The van der Waals surface area contributed by atoms with Crippen LogP contribution in [0.25, 0.3) is 5.65 Å². The Kier molecular flexibility index (Phi) is 6.18. The number of sulfonamides is 1. The van der Waals surface area contributed by atoms with Crippen LogP contribution in [-0.2, 0) is 26.0 Å². The molecule has 31 heavy (non-hydrogen) atoms. The maximum atomic E-state index is 14.3. The summed E-state index contributed by atoms with van der Waals surface area (Å²) in [6, 6.07) is 4.96. The normalized spacial score (nSPS) is 15.3. The van der Waals surface area contributed by atoms with E-state index in [-0.39, 0.29) is 38.4 Å². The zero-order valence-electron chi connectivity index (χ0n) is 16.0. The van der Waals surface area contributed by atoms with Crippen molar-refractivity contribution in [1.29, 1.82) is 0 Å². The van der Waals surface area contributed by atoms with Gasteiger partial charge >= 0.3 is 0 Å². The molecule has 1 aromatic carbocycles. The van der Waals surface area contributed by atoms with Gasteiger partial charge in [0.25, 0.3) is 0 Å². The Morgan fingerprint density at radius 3 is 2.68 bits per heavy atom. The standard InChI is InChI=1S/C19H17Cl2FN4O4S/c20-12-7-15(21)19-24-14(11-25(19)10-12)9-18(27)23-13-1-2-16(22)17(8-13)31(28,29)26-3-5-30-6-4-26/h1-2,7-8,10-11H,3-6,9H2,(H,23,27). The maximum Gasteiger partial charge on any atom is 0.246 e. The van der Waals surface area contributed by atoms with Gasteiger partial charge in [-0.3, -0.25) is 4.79 Å². The number of benzene rings is 1. The van der Waals surface area contributed by atoms with Gasteiger partial charge in [-0.25, -0.2) is 17.8 Å². The molecule has 12 heteroatoms. The van der Waals surface area contributed by atoms with Crippen molar-refractivity contribution in [2.75, 3.05) is 31.6 Å². The molecule has 3 heterocycles. The number of amides is 1. The van der Waals surface area contributed by atoms with E-state index in [4.69, 9.17) is 27.9 Å². The number of nitrogens with one attached hydrogen (secondary N) is 1. The summed E-state index contributed by atoms with van der Waals surface area (Å²) in [4.78, 5) is 16.3. The quantitative estimate of drug-likeness (QED) is 0.598. The molecule has 0 unspecified atom stereocenters. The van der Waals surface area contributed by atoms with Gasteiger partial charge in [-0.2, -0.15) is 4.31 Å². The number of ether oxygens (including phenoxy) is 1. The minimum Gasteiger partial charge on any atom is -0.379 e. The van der Waals surface area contributed by atoms with E-state index in [2.05, 4.69) is 10.3 Å². The summed E-state index contributed by atoms with van der Waals surface area (Å²) < 4.78 is 47.8. The van der Waals surface area contributed by atoms with Gasteiger partial charge in [-0.15, -0.1) is 0 Å². The Hall–Kier alpha value is -2.24. The van der Waals surface area contributed by atoms with E-state index < -0.39 is 26.6 Å². The average molecular weight is 487 g/mol. The number of halogens is 3. The van der Waals surface area contributed by atoms with Crippen molar-refractivity contribution in [1.82, 2.24) is 13.7 Å². The third kappa shape index (κ3) is 4.68. The van der Waals surface area contributed by atoms with E-state index in [1.165, 1.54) is 6.07 Å². The monoisotopic (exact) mass is 486 g/mol. The van der Waals surface area contributed by atoms with Crippen molar-refractivity contribution in [3.8, 4) is 0 Å². The van der Waals surface area contributed by atoms with Gasteiger partial charge in [-0.1, -0.05) is 23.2 Å². The molecule has 1 N–H and O–H groups in total. The van der Waals surface area contributed by atoms with Gasteiger partial charge < -0.3 is 14.5 Å². The predicted octanol–water partition coefficient (Wildman–Crippen LogP) is 2.98. The number of carbonyl (C=O) groups is 1. The number of anilines is 1. The van der Waals surface area contributed by atoms with Crippen molar-refractivity contribution >= 4 is 50.5 Å². The first-order valence-corrected chi connectivity index (χ1v) is 11.4. The lowest BCUT2D eigenvalue weighted by molar-refractivity contribution is -0.115. The molecule has 164 valence electrons. The van der Waals surface area contributed by atoms with Crippen LogP contribution < -0.4 is 5.32 Å². The molecule has 2 aromatic heterocycles. The lowest BCUT2D eigenvalue weighted by Crippen LogP contribution is -2.40. The van der Waals surface area contributed by atoms with Crippen LogP contribution in [0, 0.1) is 5.82 Å². The molecule has 3 aromatic rings. The number of hydrogen-bond donors (Lipinski definition) is 1. The number of fused-ring (bicyclic) bond motifs is 1. The van der Waals surface area contributed by atoms with E-state index in [0.29, 0.717) is 21.4 Å². The van der Waals surface area contributed by atoms with E-state index in [0.717, 1.165) is 16.4 Å². The molecular formula is C19H17Cl2FN4O4S. The molecule has 1 saturated heterocycles. The van der Waals surface area contributed by atoms with E-state index in [1.54, 1.807) is 22.9 Å². The van der Waals surface area contributed by atoms with Crippen LogP contribution in [0.1, 0.15) is 5.69 Å². The van der Waals surface area contributed by atoms with E-state index in [9.17, 15) is 17.6 Å². The van der Waals surface area contributed by atoms with Crippen LogP contribution in [0.4, 0.5) is 10.1 Å². The lowest BCUT2D eigenvalue weighted by Gasteiger charge is -2.26. The van der Waals surface area contributed by atoms with Gasteiger partial charge in [-0.05, 0) is 24.3 Å². The number of rotatable bonds is 5.